The molecule has 10 nitrogen and oxygen atoms in total. The van der Waals surface area contributed by atoms with Crippen molar-refractivity contribution in [1.29, 1.82) is 0 Å². The highest BCUT2D eigenvalue weighted by Crippen LogP contribution is 2.36. The van der Waals surface area contributed by atoms with Crippen LogP contribution in [0, 0.1) is 16.0 Å². The summed E-state index contributed by atoms with van der Waals surface area (Å²) in [5.74, 6) is -2.35. The average molecular weight is 338 g/mol. The van der Waals surface area contributed by atoms with Crippen LogP contribution in [0.25, 0.3) is 0 Å². The highest BCUT2D eigenvalue weighted by molar-refractivity contribution is 6.35. The van der Waals surface area contributed by atoms with Gasteiger partial charge in [-0.3, -0.25) is 19.7 Å². The minimum Gasteiger partial charge on any atom is -0.500 e. The molecule has 24 heavy (non-hydrogen) atoms. The Morgan fingerprint density at radius 2 is 2.08 bits per heavy atom. The van der Waals surface area contributed by atoms with Gasteiger partial charge in [0.15, 0.2) is 5.75 Å². The van der Waals surface area contributed by atoms with Crippen molar-refractivity contribution >= 4 is 23.7 Å². The zero-order chi connectivity index (χ0) is 18.3. The van der Waals surface area contributed by atoms with E-state index in [-0.39, 0.29) is 17.2 Å². The van der Waals surface area contributed by atoms with Gasteiger partial charge in [-0.1, -0.05) is 13.8 Å². The Balaban J connectivity index is 2.80. The van der Waals surface area contributed by atoms with Crippen molar-refractivity contribution in [3.8, 4) is 11.5 Å². The second-order valence-corrected chi connectivity index (χ2v) is 5.15. The molecule has 0 aliphatic rings. The Morgan fingerprint density at radius 3 is 2.62 bits per heavy atom. The number of amides is 2. The molecule has 0 aliphatic carbocycles. The van der Waals surface area contributed by atoms with Crippen LogP contribution in [0.15, 0.2) is 17.2 Å². The summed E-state index contributed by atoms with van der Waals surface area (Å²) in [5.41, 5.74) is 1.62. The van der Waals surface area contributed by atoms with Crippen LogP contribution in [0.3, 0.4) is 0 Å². The number of benzene rings is 1. The van der Waals surface area contributed by atoms with Crippen LogP contribution in [-0.4, -0.2) is 41.7 Å². The predicted octanol–water partition coefficient (Wildman–Crippen LogP) is 0.531. The molecule has 0 heterocycles. The van der Waals surface area contributed by atoms with Crippen molar-refractivity contribution in [2.75, 3.05) is 13.7 Å². The number of phenolic OH excluding ortho intramolecular Hbond substituents is 1. The van der Waals surface area contributed by atoms with Crippen LogP contribution >= 0.6 is 0 Å². The molecule has 0 fully saturated rings. The Labute approximate surface area is 137 Å². The molecule has 0 atom stereocenters. The molecule has 10 heteroatoms. The number of nitrogens with zero attached hydrogens (tertiary/aromatic N) is 2. The van der Waals surface area contributed by atoms with E-state index < -0.39 is 28.2 Å². The molecule has 3 N–H and O–H groups in total. The standard InChI is InChI=1S/C14H18N4O6/c1-8(2)6-15-13(20)14(21)17-16-7-9-4-10(18(22)23)12(19)11(5-9)24-3/h4-5,7-8,19H,6H2,1-3H3,(H,15,20)(H,17,21)/b16-7+. The van der Waals surface area contributed by atoms with E-state index in [4.69, 9.17) is 4.74 Å². The van der Waals surface area contributed by atoms with Crippen LogP contribution in [0.1, 0.15) is 19.4 Å². The fourth-order valence-corrected chi connectivity index (χ4v) is 1.58. The van der Waals surface area contributed by atoms with E-state index in [1.54, 1.807) is 0 Å². The van der Waals surface area contributed by atoms with Crippen molar-refractivity contribution in [2.45, 2.75) is 13.8 Å². The number of ether oxygens (including phenoxy) is 1. The number of nitrogens with one attached hydrogen (secondary N) is 2. The maximum absolute atomic E-state index is 11.5. The van der Waals surface area contributed by atoms with Gasteiger partial charge in [-0.05, 0) is 12.0 Å². The van der Waals surface area contributed by atoms with Crippen molar-refractivity contribution < 1.29 is 24.4 Å². The monoisotopic (exact) mass is 338 g/mol. The second-order valence-electron chi connectivity index (χ2n) is 5.15. The molecule has 0 spiro atoms. The van der Waals surface area contributed by atoms with Crippen LogP contribution < -0.4 is 15.5 Å². The third-order valence-corrected chi connectivity index (χ3v) is 2.75. The van der Waals surface area contributed by atoms with Gasteiger partial charge in [0.05, 0.1) is 18.2 Å². The van der Waals surface area contributed by atoms with Gasteiger partial charge in [0.25, 0.3) is 0 Å². The molecule has 0 bridgehead atoms. The number of methoxy groups -OCH3 is 1. The summed E-state index contributed by atoms with van der Waals surface area (Å²) in [5, 5.41) is 26.5. The first-order valence-electron chi connectivity index (χ1n) is 6.92. The van der Waals surface area contributed by atoms with Gasteiger partial charge in [0.2, 0.25) is 5.75 Å². The van der Waals surface area contributed by atoms with Gasteiger partial charge in [0.1, 0.15) is 0 Å². The highest BCUT2D eigenvalue weighted by Gasteiger charge is 2.19. The zero-order valence-electron chi connectivity index (χ0n) is 13.4. The minimum absolute atomic E-state index is 0.119. The number of carbonyl (C=O) groups excluding carboxylic acids is 2. The first-order valence-corrected chi connectivity index (χ1v) is 6.92. The zero-order valence-corrected chi connectivity index (χ0v) is 13.4. The van der Waals surface area contributed by atoms with Crippen LogP contribution in [0.2, 0.25) is 0 Å². The number of rotatable bonds is 6. The molecule has 0 saturated carbocycles. The van der Waals surface area contributed by atoms with Crippen LogP contribution in [0.4, 0.5) is 5.69 Å². The van der Waals surface area contributed by atoms with E-state index in [0.29, 0.717) is 6.54 Å². The molecule has 0 aromatic heterocycles. The number of carbonyl (C=O) groups is 2. The first kappa shape index (κ1) is 18.9. The van der Waals surface area contributed by atoms with E-state index >= 15 is 0 Å². The summed E-state index contributed by atoms with van der Waals surface area (Å²) in [4.78, 5) is 33.0. The van der Waals surface area contributed by atoms with Crippen molar-refractivity contribution in [3.05, 3.63) is 27.8 Å². The molecular formula is C14H18N4O6. The Hall–Kier alpha value is -3.17. The summed E-state index contributed by atoms with van der Waals surface area (Å²) >= 11 is 0. The Bertz CT molecular complexity index is 671. The summed E-state index contributed by atoms with van der Waals surface area (Å²) in [7, 11) is 1.24. The minimum atomic E-state index is -0.966. The second kappa shape index (κ2) is 8.46. The molecule has 2 amide bonds. The van der Waals surface area contributed by atoms with Gasteiger partial charge < -0.3 is 15.2 Å². The fraction of sp³-hybridized carbons (Fsp3) is 0.357. The lowest BCUT2D eigenvalue weighted by Gasteiger charge is -2.06. The van der Waals surface area contributed by atoms with Crippen molar-refractivity contribution in [2.24, 2.45) is 11.0 Å². The third kappa shape index (κ3) is 5.23. The molecule has 0 saturated heterocycles. The molecule has 0 unspecified atom stereocenters. The number of hydrazone groups is 1. The van der Waals surface area contributed by atoms with Gasteiger partial charge in [-0.25, -0.2) is 5.43 Å². The molecule has 0 radical (unpaired) electrons. The summed E-state index contributed by atoms with van der Waals surface area (Å²) in [6.45, 7) is 4.10. The largest absolute Gasteiger partial charge is 0.500 e. The van der Waals surface area contributed by atoms with E-state index in [1.807, 2.05) is 19.3 Å². The lowest BCUT2D eigenvalue weighted by Crippen LogP contribution is -2.39. The maximum Gasteiger partial charge on any atom is 0.329 e. The Morgan fingerprint density at radius 1 is 1.42 bits per heavy atom. The van der Waals surface area contributed by atoms with Crippen molar-refractivity contribution in [1.82, 2.24) is 10.7 Å². The molecule has 0 aliphatic heterocycles. The summed E-state index contributed by atoms with van der Waals surface area (Å²) in [6, 6.07) is 2.34. The number of hydrogen-bond donors (Lipinski definition) is 3. The topological polar surface area (TPSA) is 143 Å². The normalized spacial score (nSPS) is 10.7. The molecule has 1 aromatic rings. The van der Waals surface area contributed by atoms with Crippen LogP contribution in [0.5, 0.6) is 11.5 Å². The van der Waals surface area contributed by atoms with Gasteiger partial charge >= 0.3 is 17.5 Å². The molecule has 1 aromatic carbocycles. The number of nitro groups is 1. The van der Waals surface area contributed by atoms with Gasteiger partial charge in [-0.15, -0.1) is 0 Å². The summed E-state index contributed by atoms with van der Waals surface area (Å²) < 4.78 is 4.83. The average Bonchev–Trinajstić information content (AvgIpc) is 2.53. The van der Waals surface area contributed by atoms with Crippen LogP contribution in [-0.2, 0) is 9.59 Å². The van der Waals surface area contributed by atoms with Crippen molar-refractivity contribution in [3.63, 3.8) is 0 Å². The number of aromatic hydroxyl groups is 1. The maximum atomic E-state index is 11.5. The molecule has 130 valence electrons. The van der Waals surface area contributed by atoms with E-state index in [1.165, 1.54) is 13.2 Å². The lowest BCUT2D eigenvalue weighted by atomic mass is 10.2. The molecular weight excluding hydrogens is 320 g/mol. The smallest absolute Gasteiger partial charge is 0.329 e. The highest BCUT2D eigenvalue weighted by atomic mass is 16.6. The van der Waals surface area contributed by atoms with Gasteiger partial charge in [-0.2, -0.15) is 5.10 Å². The van der Waals surface area contributed by atoms with E-state index in [9.17, 15) is 24.8 Å². The number of nitro benzene ring substituents is 1. The van der Waals surface area contributed by atoms with E-state index in [2.05, 4.69) is 10.4 Å². The third-order valence-electron chi connectivity index (χ3n) is 2.75. The lowest BCUT2D eigenvalue weighted by molar-refractivity contribution is -0.386. The number of phenols is 1. The summed E-state index contributed by atoms with van der Waals surface area (Å²) in [6.07, 6.45) is 1.09. The number of hydrogen-bond acceptors (Lipinski definition) is 7. The SMILES string of the molecule is COc1cc(/C=N/NC(=O)C(=O)NCC(C)C)cc([N+](=O)[O-])c1O. The predicted molar refractivity (Wildman–Crippen MR) is 84.9 cm³/mol. The Kier molecular flexibility index (Phi) is 6.65. The van der Waals surface area contributed by atoms with Gasteiger partial charge in [0, 0.05) is 18.2 Å². The molecule has 1 rings (SSSR count). The fourth-order valence-electron chi connectivity index (χ4n) is 1.58. The first-order chi connectivity index (χ1) is 11.3. The van der Waals surface area contributed by atoms with E-state index in [0.717, 1.165) is 12.3 Å². The quantitative estimate of drug-likeness (QED) is 0.299.